The number of hydrogen-bond donors (Lipinski definition) is 0. The zero-order chi connectivity index (χ0) is 20.9. The monoisotopic (exact) mass is 387 g/mol. The molecule has 0 spiro atoms. The fraction of sp³-hybridized carbons (Fsp3) is 0.565. The zero-order valence-corrected chi connectivity index (χ0v) is 17.7. The van der Waals surface area contributed by atoms with Crippen LogP contribution < -0.4 is 0 Å². The summed E-state index contributed by atoms with van der Waals surface area (Å²) in [7, 11) is 1.31. The predicted molar refractivity (Wildman–Crippen MR) is 111 cm³/mol. The number of pyridine rings is 1. The van der Waals surface area contributed by atoms with Crippen LogP contribution in [0.2, 0.25) is 0 Å². The lowest BCUT2D eigenvalue weighted by molar-refractivity contribution is -0.120. The molecule has 0 radical (unpaired) electrons. The number of Topliss-reactive ketones (excluding diaryl/α,β-unsaturated/α-hetero) is 2. The fourth-order valence-corrected chi connectivity index (χ4v) is 3.00. The first-order valence-corrected chi connectivity index (χ1v) is 10.2. The van der Waals surface area contributed by atoms with Crippen LogP contribution in [0.3, 0.4) is 0 Å². The summed E-state index contributed by atoms with van der Waals surface area (Å²) in [6.07, 6.45) is 10.8. The first-order chi connectivity index (χ1) is 13.4. The molecule has 0 aliphatic heterocycles. The maximum atomic E-state index is 12.3. The molecule has 0 N–H and O–H groups in total. The number of allylic oxidation sites excluding steroid dienone is 1. The Bertz CT molecular complexity index is 707. The number of carbonyl (C=O) groups excluding carboxylic acids is 3. The molecule has 154 valence electrons. The smallest absolute Gasteiger partial charge is 0.340 e. The predicted octanol–water partition coefficient (Wildman–Crippen LogP) is 5.11. The van der Waals surface area contributed by atoms with Crippen LogP contribution >= 0.6 is 0 Å². The van der Waals surface area contributed by atoms with Crippen LogP contribution in [0.15, 0.2) is 17.8 Å². The molecule has 1 rings (SSSR count). The van der Waals surface area contributed by atoms with Crippen molar-refractivity contribution >= 4 is 23.6 Å². The average Bonchev–Trinajstić information content (AvgIpc) is 2.67. The first-order valence-electron chi connectivity index (χ1n) is 10.2. The average molecular weight is 388 g/mol. The minimum Gasteiger partial charge on any atom is -0.465 e. The molecular formula is C23H33NO4. The Balaban J connectivity index is 3.00. The van der Waals surface area contributed by atoms with Gasteiger partial charge in [-0.25, -0.2) is 4.79 Å². The zero-order valence-electron chi connectivity index (χ0n) is 17.7. The molecule has 0 atom stereocenters. The van der Waals surface area contributed by atoms with Crippen molar-refractivity contribution in [1.82, 2.24) is 4.98 Å². The van der Waals surface area contributed by atoms with Crippen LogP contribution in [0.1, 0.15) is 93.8 Å². The Morgan fingerprint density at radius 1 is 1.07 bits per heavy atom. The molecule has 0 bridgehead atoms. The van der Waals surface area contributed by atoms with E-state index in [1.54, 1.807) is 12.1 Å². The summed E-state index contributed by atoms with van der Waals surface area (Å²) in [6.45, 7) is 5.65. The van der Waals surface area contributed by atoms with Gasteiger partial charge < -0.3 is 4.74 Å². The number of esters is 1. The lowest BCUT2D eigenvalue weighted by Crippen LogP contribution is -2.09. The van der Waals surface area contributed by atoms with E-state index >= 15 is 0 Å². The van der Waals surface area contributed by atoms with Gasteiger partial charge in [0.05, 0.1) is 12.7 Å². The van der Waals surface area contributed by atoms with E-state index in [1.165, 1.54) is 33.1 Å². The summed E-state index contributed by atoms with van der Waals surface area (Å²) in [5.41, 5.74) is 2.13. The molecule has 0 aromatic carbocycles. The normalized spacial score (nSPS) is 11.4. The third-order valence-electron chi connectivity index (χ3n) is 4.63. The number of rotatable bonds is 13. The Morgan fingerprint density at radius 2 is 1.79 bits per heavy atom. The quantitative estimate of drug-likeness (QED) is 0.267. The summed E-state index contributed by atoms with van der Waals surface area (Å²) in [5, 5.41) is 0. The Labute approximate surface area is 168 Å². The third kappa shape index (κ3) is 8.15. The molecule has 0 saturated carbocycles. The maximum Gasteiger partial charge on any atom is 0.340 e. The SMILES string of the molecule is CCCCCCCC(=O)C/C(=C\c1cc(CCC)ncc1C(=O)OC)C(C)=O. The number of aromatic nitrogens is 1. The summed E-state index contributed by atoms with van der Waals surface area (Å²) in [5.74, 6) is -0.614. The van der Waals surface area contributed by atoms with Gasteiger partial charge in [0, 0.05) is 30.3 Å². The van der Waals surface area contributed by atoms with Gasteiger partial charge in [0.15, 0.2) is 5.78 Å². The lowest BCUT2D eigenvalue weighted by atomic mass is 9.97. The number of ketones is 2. The minimum absolute atomic E-state index is 0.0559. The summed E-state index contributed by atoms with van der Waals surface area (Å²) < 4.78 is 4.83. The second kappa shape index (κ2) is 13.0. The van der Waals surface area contributed by atoms with Gasteiger partial charge in [-0.3, -0.25) is 14.6 Å². The molecule has 0 aliphatic rings. The summed E-state index contributed by atoms with van der Waals surface area (Å²) >= 11 is 0. The fourth-order valence-electron chi connectivity index (χ4n) is 3.00. The lowest BCUT2D eigenvalue weighted by Gasteiger charge is -2.09. The van der Waals surface area contributed by atoms with Gasteiger partial charge in [0.1, 0.15) is 5.78 Å². The molecule has 28 heavy (non-hydrogen) atoms. The highest BCUT2D eigenvalue weighted by atomic mass is 16.5. The highest BCUT2D eigenvalue weighted by Crippen LogP contribution is 2.19. The van der Waals surface area contributed by atoms with Crippen LogP contribution in [0, 0.1) is 0 Å². The number of unbranched alkanes of at least 4 members (excludes halogenated alkanes) is 4. The minimum atomic E-state index is -0.507. The second-order valence-electron chi connectivity index (χ2n) is 7.11. The van der Waals surface area contributed by atoms with Gasteiger partial charge in [0.25, 0.3) is 0 Å². The number of nitrogens with zero attached hydrogens (tertiary/aromatic N) is 1. The molecule has 5 heteroatoms. The van der Waals surface area contributed by atoms with Crippen LogP contribution in [0.5, 0.6) is 0 Å². The van der Waals surface area contributed by atoms with Crippen molar-refractivity contribution in [2.75, 3.05) is 7.11 Å². The molecule has 1 aromatic heterocycles. The standard InChI is InChI=1S/C23H33NO4/c1-5-7-8-9-10-12-21(26)15-18(17(3)25)13-19-14-20(11-6-2)24-16-22(19)23(27)28-4/h13-14,16H,5-12,15H2,1-4H3/b18-13+. The number of ether oxygens (including phenoxy) is 1. The van der Waals surface area contributed by atoms with Gasteiger partial charge >= 0.3 is 5.97 Å². The summed E-state index contributed by atoms with van der Waals surface area (Å²) in [4.78, 5) is 40.8. The van der Waals surface area contributed by atoms with Gasteiger partial charge in [-0.05, 0) is 37.5 Å². The second-order valence-corrected chi connectivity index (χ2v) is 7.11. The highest BCUT2D eigenvalue weighted by molar-refractivity contribution is 6.04. The Morgan fingerprint density at radius 3 is 2.39 bits per heavy atom. The molecule has 0 fully saturated rings. The Kier molecular flexibility index (Phi) is 11.0. The van der Waals surface area contributed by atoms with E-state index in [-0.39, 0.29) is 18.0 Å². The molecule has 0 aliphatic carbocycles. The molecule has 0 saturated heterocycles. The third-order valence-corrected chi connectivity index (χ3v) is 4.63. The van der Waals surface area contributed by atoms with E-state index < -0.39 is 5.97 Å². The van der Waals surface area contributed by atoms with E-state index in [0.717, 1.165) is 37.8 Å². The Hall–Kier alpha value is -2.30. The molecule has 1 heterocycles. The van der Waals surface area contributed by atoms with Crippen molar-refractivity contribution in [3.63, 3.8) is 0 Å². The van der Waals surface area contributed by atoms with E-state index in [4.69, 9.17) is 4.74 Å². The molecule has 0 amide bonds. The maximum absolute atomic E-state index is 12.3. The van der Waals surface area contributed by atoms with Crippen LogP contribution in [0.25, 0.3) is 6.08 Å². The van der Waals surface area contributed by atoms with E-state index in [9.17, 15) is 14.4 Å². The van der Waals surface area contributed by atoms with E-state index in [1.807, 2.05) is 6.92 Å². The van der Waals surface area contributed by atoms with Crippen molar-refractivity contribution in [1.29, 1.82) is 0 Å². The van der Waals surface area contributed by atoms with Gasteiger partial charge in [-0.1, -0.05) is 46.0 Å². The van der Waals surface area contributed by atoms with Gasteiger partial charge in [-0.2, -0.15) is 0 Å². The molecule has 5 nitrogen and oxygen atoms in total. The van der Waals surface area contributed by atoms with Gasteiger partial charge in [0.2, 0.25) is 0 Å². The molecule has 0 unspecified atom stereocenters. The topological polar surface area (TPSA) is 73.3 Å². The largest absolute Gasteiger partial charge is 0.465 e. The van der Waals surface area contributed by atoms with Crippen LogP contribution in [-0.4, -0.2) is 29.6 Å². The van der Waals surface area contributed by atoms with Crippen molar-refractivity contribution in [2.45, 2.75) is 78.6 Å². The van der Waals surface area contributed by atoms with Crippen molar-refractivity contribution in [3.8, 4) is 0 Å². The van der Waals surface area contributed by atoms with Crippen molar-refractivity contribution in [2.24, 2.45) is 0 Å². The van der Waals surface area contributed by atoms with E-state index in [0.29, 0.717) is 23.1 Å². The van der Waals surface area contributed by atoms with Gasteiger partial charge in [-0.15, -0.1) is 0 Å². The number of carbonyl (C=O) groups is 3. The van der Waals surface area contributed by atoms with E-state index in [2.05, 4.69) is 11.9 Å². The summed E-state index contributed by atoms with van der Waals surface area (Å²) in [6, 6.07) is 1.80. The molecular weight excluding hydrogens is 354 g/mol. The molecule has 1 aromatic rings. The highest BCUT2D eigenvalue weighted by Gasteiger charge is 2.16. The van der Waals surface area contributed by atoms with Crippen LogP contribution in [0.4, 0.5) is 0 Å². The van der Waals surface area contributed by atoms with Crippen molar-refractivity contribution < 1.29 is 19.1 Å². The number of aryl methyl sites for hydroxylation is 1. The number of methoxy groups -OCH3 is 1. The van der Waals surface area contributed by atoms with Crippen molar-refractivity contribution in [3.05, 3.63) is 34.7 Å². The number of hydrogen-bond acceptors (Lipinski definition) is 5. The van der Waals surface area contributed by atoms with Crippen LogP contribution in [-0.2, 0) is 20.7 Å². The first kappa shape index (κ1) is 23.7.